The van der Waals surface area contributed by atoms with E-state index in [9.17, 15) is 4.39 Å². The van der Waals surface area contributed by atoms with Crippen LogP contribution in [0, 0.1) is 5.92 Å². The molecule has 4 atom stereocenters. The third-order valence-electron chi connectivity index (χ3n) is 3.73. The Morgan fingerprint density at radius 1 is 1.43 bits per heavy atom. The molecular formula is C11H22BFO. The summed E-state index contributed by atoms with van der Waals surface area (Å²) in [6.07, 6.45) is 3.44. The monoisotopic (exact) mass is 200 g/mol. The van der Waals surface area contributed by atoms with Gasteiger partial charge in [-0.2, -0.15) is 0 Å². The number of alkyl halides is 1. The van der Waals surface area contributed by atoms with Gasteiger partial charge in [0, 0.05) is 5.92 Å². The van der Waals surface area contributed by atoms with Gasteiger partial charge in [0.05, 0.1) is 11.6 Å². The van der Waals surface area contributed by atoms with Crippen molar-refractivity contribution in [2.75, 3.05) is 0 Å². The van der Waals surface area contributed by atoms with Gasteiger partial charge in [0.15, 0.2) is 0 Å². The minimum Gasteiger partial charge on any atom is -0.377 e. The van der Waals surface area contributed by atoms with Crippen LogP contribution in [-0.2, 0) is 4.74 Å². The van der Waals surface area contributed by atoms with E-state index in [0.717, 1.165) is 25.7 Å². The van der Waals surface area contributed by atoms with E-state index in [2.05, 4.69) is 13.8 Å². The van der Waals surface area contributed by atoms with Crippen molar-refractivity contribution in [2.24, 2.45) is 5.92 Å². The maximum absolute atomic E-state index is 13.7. The van der Waals surface area contributed by atoms with E-state index in [-0.39, 0.29) is 17.5 Å². The Morgan fingerprint density at radius 2 is 2.07 bits per heavy atom. The summed E-state index contributed by atoms with van der Waals surface area (Å²) in [5.41, 5.74) is -0.186. The van der Waals surface area contributed by atoms with Crippen LogP contribution in [0.3, 0.4) is 0 Å². The fourth-order valence-electron chi connectivity index (χ4n) is 2.58. The van der Waals surface area contributed by atoms with Crippen molar-refractivity contribution in [3.63, 3.8) is 0 Å². The normalized spacial score (nSPS) is 43.0. The Kier molecular flexibility index (Phi) is 3.99. The summed E-state index contributed by atoms with van der Waals surface area (Å²) in [5.74, 6) is 0.0500. The highest BCUT2D eigenvalue weighted by molar-refractivity contribution is 6.11. The summed E-state index contributed by atoms with van der Waals surface area (Å²) in [5, 5.41) is 0. The molecule has 0 radical (unpaired) electrons. The van der Waals surface area contributed by atoms with Crippen LogP contribution in [0.4, 0.5) is 4.39 Å². The van der Waals surface area contributed by atoms with Crippen LogP contribution in [0.1, 0.15) is 46.5 Å². The zero-order chi connectivity index (χ0) is 10.8. The summed E-state index contributed by atoms with van der Waals surface area (Å²) in [6, 6.07) is -0.221. The Bertz CT molecular complexity index is 188. The zero-order valence-electron chi connectivity index (χ0n) is 9.85. The molecule has 0 N–H and O–H groups in total. The fourth-order valence-corrected chi connectivity index (χ4v) is 2.58. The highest BCUT2D eigenvalue weighted by Crippen LogP contribution is 2.42. The largest absolute Gasteiger partial charge is 0.377 e. The average molecular weight is 200 g/mol. The molecule has 0 bridgehead atoms. The van der Waals surface area contributed by atoms with E-state index in [1.165, 1.54) is 0 Å². The Balaban J connectivity index is 2.69. The molecule has 0 saturated carbocycles. The topological polar surface area (TPSA) is 9.23 Å². The molecule has 0 amide bonds. The first kappa shape index (κ1) is 12.0. The summed E-state index contributed by atoms with van der Waals surface area (Å²) in [7, 11) is 1.85. The zero-order valence-corrected chi connectivity index (χ0v) is 9.85. The summed E-state index contributed by atoms with van der Waals surface area (Å²) in [6.45, 7) is 6.27. The van der Waals surface area contributed by atoms with Gasteiger partial charge in [-0.3, -0.25) is 0 Å². The molecule has 0 aliphatic carbocycles. The molecule has 1 rings (SSSR count). The molecule has 14 heavy (non-hydrogen) atoms. The lowest BCUT2D eigenvalue weighted by molar-refractivity contribution is -0.0421. The SMILES string of the molecule is B[C@@H]1O[C@@](CC)(CCCC)C(C)[C@@H]1F. The third-order valence-corrected chi connectivity index (χ3v) is 3.73. The van der Waals surface area contributed by atoms with Gasteiger partial charge in [-0.25, -0.2) is 4.39 Å². The van der Waals surface area contributed by atoms with Crippen LogP contribution < -0.4 is 0 Å². The second kappa shape index (κ2) is 4.65. The molecule has 1 fully saturated rings. The predicted octanol–water partition coefficient (Wildman–Crippen LogP) is 2.29. The summed E-state index contributed by atoms with van der Waals surface area (Å²) in [4.78, 5) is 0. The molecular weight excluding hydrogens is 178 g/mol. The van der Waals surface area contributed by atoms with Gasteiger partial charge >= 0.3 is 0 Å². The second-order valence-corrected chi connectivity index (χ2v) is 4.58. The van der Waals surface area contributed by atoms with Crippen molar-refractivity contribution in [1.29, 1.82) is 0 Å². The van der Waals surface area contributed by atoms with Gasteiger partial charge in [0.1, 0.15) is 14.0 Å². The first-order valence-corrected chi connectivity index (χ1v) is 5.89. The third kappa shape index (κ3) is 1.97. The Hall–Kier alpha value is -0.0451. The van der Waals surface area contributed by atoms with Crippen LogP contribution in [0.5, 0.6) is 0 Å². The smallest absolute Gasteiger partial charge is 0.143 e. The second-order valence-electron chi connectivity index (χ2n) is 4.58. The van der Waals surface area contributed by atoms with Crippen LogP contribution in [-0.4, -0.2) is 25.6 Å². The van der Waals surface area contributed by atoms with Gasteiger partial charge in [-0.05, 0) is 12.8 Å². The molecule has 82 valence electrons. The molecule has 1 unspecified atom stereocenters. The molecule has 1 nitrogen and oxygen atoms in total. The van der Waals surface area contributed by atoms with Gasteiger partial charge in [-0.1, -0.05) is 33.6 Å². The van der Waals surface area contributed by atoms with E-state index in [1.807, 2.05) is 14.8 Å². The molecule has 3 heteroatoms. The minimum absolute atomic E-state index is 0.0500. The highest BCUT2D eigenvalue weighted by Gasteiger charge is 2.49. The Morgan fingerprint density at radius 3 is 2.43 bits per heavy atom. The van der Waals surface area contributed by atoms with E-state index < -0.39 is 6.17 Å². The number of hydrogen-bond acceptors (Lipinski definition) is 1. The number of halogens is 1. The van der Waals surface area contributed by atoms with Crippen LogP contribution in [0.25, 0.3) is 0 Å². The lowest BCUT2D eigenvalue weighted by Crippen LogP contribution is -2.35. The standard InChI is InChI=1S/C11H22BFO/c1-4-6-7-11(5-2)8(3)9(13)10(12)14-11/h8-10H,4-7,12H2,1-3H3/t8?,9-,10+,11-/m0/s1. The van der Waals surface area contributed by atoms with Gasteiger partial charge in [0.2, 0.25) is 0 Å². The molecule has 1 aliphatic heterocycles. The number of unbranched alkanes of at least 4 members (excludes halogenated alkanes) is 1. The average Bonchev–Trinajstić information content (AvgIpc) is 2.41. The van der Waals surface area contributed by atoms with Crippen LogP contribution in [0.15, 0.2) is 0 Å². The first-order valence-electron chi connectivity index (χ1n) is 5.89. The van der Waals surface area contributed by atoms with Gasteiger partial charge in [0.25, 0.3) is 0 Å². The maximum Gasteiger partial charge on any atom is 0.143 e. The van der Waals surface area contributed by atoms with Crippen molar-refractivity contribution in [3.8, 4) is 0 Å². The number of rotatable bonds is 4. The van der Waals surface area contributed by atoms with Gasteiger partial charge in [-0.15, -0.1) is 0 Å². The van der Waals surface area contributed by atoms with Crippen molar-refractivity contribution in [2.45, 2.75) is 64.2 Å². The van der Waals surface area contributed by atoms with Crippen LogP contribution in [0.2, 0.25) is 0 Å². The Labute approximate surface area is 87.8 Å². The first-order chi connectivity index (χ1) is 6.57. The predicted molar refractivity (Wildman–Crippen MR) is 60.0 cm³/mol. The molecule has 1 aliphatic rings. The van der Waals surface area contributed by atoms with Crippen LogP contribution >= 0.6 is 0 Å². The molecule has 0 spiro atoms. The van der Waals surface area contributed by atoms with E-state index in [0.29, 0.717) is 0 Å². The minimum atomic E-state index is -0.785. The molecule has 1 heterocycles. The lowest BCUT2D eigenvalue weighted by atomic mass is 9.79. The maximum atomic E-state index is 13.7. The lowest BCUT2D eigenvalue weighted by Gasteiger charge is -2.32. The van der Waals surface area contributed by atoms with Crippen molar-refractivity contribution in [1.82, 2.24) is 0 Å². The van der Waals surface area contributed by atoms with E-state index >= 15 is 0 Å². The molecule has 0 aromatic rings. The van der Waals surface area contributed by atoms with Crippen molar-refractivity contribution < 1.29 is 9.13 Å². The molecule has 1 saturated heterocycles. The highest BCUT2D eigenvalue weighted by atomic mass is 19.1. The van der Waals surface area contributed by atoms with Gasteiger partial charge < -0.3 is 4.74 Å². The van der Waals surface area contributed by atoms with Crippen molar-refractivity contribution >= 4 is 7.85 Å². The number of ether oxygens (including phenoxy) is 1. The molecule has 0 aromatic heterocycles. The fraction of sp³-hybridized carbons (Fsp3) is 1.00. The number of hydrogen-bond donors (Lipinski definition) is 0. The summed E-state index contributed by atoms with van der Waals surface area (Å²) >= 11 is 0. The van der Waals surface area contributed by atoms with E-state index in [1.54, 1.807) is 0 Å². The summed E-state index contributed by atoms with van der Waals surface area (Å²) < 4.78 is 19.5. The quantitative estimate of drug-likeness (QED) is 0.632. The molecule has 0 aromatic carbocycles. The van der Waals surface area contributed by atoms with E-state index in [4.69, 9.17) is 4.74 Å². The van der Waals surface area contributed by atoms with Crippen molar-refractivity contribution in [3.05, 3.63) is 0 Å².